The van der Waals surface area contributed by atoms with E-state index in [-0.39, 0.29) is 5.56 Å². The summed E-state index contributed by atoms with van der Waals surface area (Å²) in [5.41, 5.74) is 0.426. The molecule has 1 unspecified atom stereocenters. The summed E-state index contributed by atoms with van der Waals surface area (Å²) in [4.78, 5) is 0. The Morgan fingerprint density at radius 2 is 1.89 bits per heavy atom. The van der Waals surface area contributed by atoms with Gasteiger partial charge in [0, 0.05) is 13.6 Å². The lowest BCUT2D eigenvalue weighted by atomic mass is 9.98. The molecular formula is C14H10BrF2IO. The monoisotopic (exact) mass is 438 g/mol. The fraction of sp³-hybridized carbons (Fsp3) is 0.143. The Bertz CT molecular complexity index is 631. The highest BCUT2D eigenvalue weighted by molar-refractivity contribution is 14.1. The summed E-state index contributed by atoms with van der Waals surface area (Å²) in [5, 5.41) is 10.3. The van der Waals surface area contributed by atoms with Gasteiger partial charge in [0.2, 0.25) is 0 Å². The molecule has 0 heterocycles. The molecule has 2 aromatic carbocycles. The number of benzene rings is 2. The highest BCUT2D eigenvalue weighted by atomic mass is 127. The molecule has 0 bridgehead atoms. The van der Waals surface area contributed by atoms with Crippen LogP contribution >= 0.6 is 38.5 Å². The fourth-order valence-electron chi connectivity index (χ4n) is 1.81. The number of rotatable bonds is 2. The lowest BCUT2D eigenvalue weighted by Gasteiger charge is -2.16. The third-order valence-corrected chi connectivity index (χ3v) is 4.24. The molecule has 0 fully saturated rings. The number of aryl methyl sites for hydroxylation is 1. The van der Waals surface area contributed by atoms with Crippen LogP contribution in [0, 0.1) is 22.1 Å². The molecule has 0 saturated carbocycles. The van der Waals surface area contributed by atoms with E-state index in [0.29, 0.717) is 15.6 Å². The first-order valence-electron chi connectivity index (χ1n) is 5.49. The van der Waals surface area contributed by atoms with Crippen molar-refractivity contribution in [2.45, 2.75) is 13.0 Å². The Labute approximate surface area is 131 Å². The number of hydrogen-bond acceptors (Lipinski definition) is 1. The molecule has 0 amide bonds. The average Bonchev–Trinajstić information content (AvgIpc) is 2.37. The first-order valence-corrected chi connectivity index (χ1v) is 7.36. The maximum atomic E-state index is 14.0. The van der Waals surface area contributed by atoms with Gasteiger partial charge in [0.25, 0.3) is 0 Å². The van der Waals surface area contributed by atoms with Gasteiger partial charge in [-0.15, -0.1) is 0 Å². The van der Waals surface area contributed by atoms with Gasteiger partial charge in [-0.05, 0) is 59.3 Å². The van der Waals surface area contributed by atoms with Gasteiger partial charge in [0.15, 0.2) is 0 Å². The summed E-state index contributed by atoms with van der Waals surface area (Å²) in [6.07, 6.45) is -1.34. The lowest BCUT2D eigenvalue weighted by Crippen LogP contribution is -2.08. The van der Waals surface area contributed by atoms with E-state index >= 15 is 0 Å². The Balaban J connectivity index is 2.59. The average molecular weight is 439 g/mol. The first kappa shape index (κ1) is 14.9. The predicted octanol–water partition coefficient (Wildman–Crippen LogP) is 4.72. The number of aliphatic hydroxyl groups is 1. The molecule has 2 rings (SSSR count). The van der Waals surface area contributed by atoms with Gasteiger partial charge in [-0.25, -0.2) is 8.78 Å². The summed E-state index contributed by atoms with van der Waals surface area (Å²) >= 11 is 5.37. The predicted molar refractivity (Wildman–Crippen MR) is 82.0 cm³/mol. The van der Waals surface area contributed by atoms with Gasteiger partial charge in [-0.1, -0.05) is 22.0 Å². The van der Waals surface area contributed by atoms with Gasteiger partial charge in [-0.3, -0.25) is 0 Å². The lowest BCUT2D eigenvalue weighted by molar-refractivity contribution is 0.208. The van der Waals surface area contributed by atoms with E-state index in [0.717, 1.165) is 3.57 Å². The highest BCUT2D eigenvalue weighted by Crippen LogP contribution is 2.33. The Morgan fingerprint density at radius 3 is 2.58 bits per heavy atom. The van der Waals surface area contributed by atoms with Crippen LogP contribution in [-0.4, -0.2) is 5.11 Å². The van der Waals surface area contributed by atoms with Crippen LogP contribution in [0.3, 0.4) is 0 Å². The summed E-state index contributed by atoms with van der Waals surface area (Å²) in [7, 11) is 0. The molecule has 100 valence electrons. The number of aliphatic hydroxyl groups excluding tert-OH is 1. The normalized spacial score (nSPS) is 12.5. The quantitative estimate of drug-likeness (QED) is 0.672. The van der Waals surface area contributed by atoms with E-state index in [2.05, 4.69) is 38.5 Å². The topological polar surface area (TPSA) is 20.2 Å². The van der Waals surface area contributed by atoms with Gasteiger partial charge in [0.1, 0.15) is 17.7 Å². The number of hydrogen-bond donors (Lipinski definition) is 1. The minimum atomic E-state index is -1.34. The second-order valence-corrected chi connectivity index (χ2v) is 6.26. The SMILES string of the molecule is Cc1ccc(F)c(C(O)c2cc(I)ccc2Br)c1F. The molecule has 1 nitrogen and oxygen atoms in total. The van der Waals surface area contributed by atoms with Crippen LogP contribution in [-0.2, 0) is 0 Å². The fourth-order valence-corrected chi connectivity index (χ4v) is 2.79. The molecule has 1 N–H and O–H groups in total. The van der Waals surface area contributed by atoms with E-state index < -0.39 is 17.7 Å². The Kier molecular flexibility index (Phi) is 4.58. The maximum absolute atomic E-state index is 14.0. The van der Waals surface area contributed by atoms with E-state index in [9.17, 15) is 13.9 Å². The maximum Gasteiger partial charge on any atom is 0.135 e. The van der Waals surface area contributed by atoms with E-state index in [1.807, 2.05) is 6.07 Å². The van der Waals surface area contributed by atoms with E-state index in [1.165, 1.54) is 19.1 Å². The van der Waals surface area contributed by atoms with Crippen molar-refractivity contribution in [3.05, 3.63) is 66.7 Å². The van der Waals surface area contributed by atoms with Gasteiger partial charge >= 0.3 is 0 Å². The van der Waals surface area contributed by atoms with Crippen molar-refractivity contribution in [3.8, 4) is 0 Å². The number of halogens is 4. The summed E-state index contributed by atoms with van der Waals surface area (Å²) in [5.74, 6) is -1.46. The van der Waals surface area contributed by atoms with Crippen molar-refractivity contribution >= 4 is 38.5 Å². The zero-order valence-electron chi connectivity index (χ0n) is 9.92. The Hall–Kier alpha value is -0.530. The van der Waals surface area contributed by atoms with Crippen molar-refractivity contribution in [1.29, 1.82) is 0 Å². The third-order valence-electron chi connectivity index (χ3n) is 2.85. The highest BCUT2D eigenvalue weighted by Gasteiger charge is 2.23. The van der Waals surface area contributed by atoms with Crippen LogP contribution in [0.15, 0.2) is 34.8 Å². The summed E-state index contributed by atoms with van der Waals surface area (Å²) in [6, 6.07) is 7.79. The largest absolute Gasteiger partial charge is 0.383 e. The van der Waals surface area contributed by atoms with Crippen molar-refractivity contribution in [2.75, 3.05) is 0 Å². The second kappa shape index (κ2) is 5.85. The van der Waals surface area contributed by atoms with Crippen LogP contribution < -0.4 is 0 Å². The molecule has 0 aliphatic heterocycles. The molecule has 5 heteroatoms. The van der Waals surface area contributed by atoms with Crippen molar-refractivity contribution in [2.24, 2.45) is 0 Å². The molecule has 0 aromatic heterocycles. The molecule has 0 saturated heterocycles. The van der Waals surface area contributed by atoms with Crippen LogP contribution in [0.2, 0.25) is 0 Å². The van der Waals surface area contributed by atoms with Crippen LogP contribution in [0.25, 0.3) is 0 Å². The summed E-state index contributed by atoms with van der Waals surface area (Å²) < 4.78 is 29.3. The first-order chi connectivity index (χ1) is 8.91. The standard InChI is InChI=1S/C14H10BrF2IO/c1-7-2-5-11(16)12(13(7)17)14(19)9-6-8(18)3-4-10(9)15/h2-6,14,19H,1H3. The zero-order valence-corrected chi connectivity index (χ0v) is 13.7. The third kappa shape index (κ3) is 2.98. The van der Waals surface area contributed by atoms with Gasteiger partial charge in [0.05, 0.1) is 5.56 Å². The molecule has 0 spiro atoms. The molecule has 0 radical (unpaired) electrons. The minimum Gasteiger partial charge on any atom is -0.383 e. The minimum absolute atomic E-state index is 0.303. The zero-order chi connectivity index (χ0) is 14.2. The van der Waals surface area contributed by atoms with E-state index in [4.69, 9.17) is 0 Å². The van der Waals surface area contributed by atoms with Crippen LogP contribution in [0.1, 0.15) is 22.8 Å². The van der Waals surface area contributed by atoms with Crippen LogP contribution in [0.4, 0.5) is 8.78 Å². The molecule has 0 aliphatic carbocycles. The van der Waals surface area contributed by atoms with Crippen molar-refractivity contribution in [3.63, 3.8) is 0 Å². The van der Waals surface area contributed by atoms with Gasteiger partial charge < -0.3 is 5.11 Å². The molecule has 2 aromatic rings. The second-order valence-electron chi connectivity index (χ2n) is 4.16. The molecule has 0 aliphatic rings. The molecule has 19 heavy (non-hydrogen) atoms. The van der Waals surface area contributed by atoms with Crippen molar-refractivity contribution < 1.29 is 13.9 Å². The molecular weight excluding hydrogens is 429 g/mol. The Morgan fingerprint density at radius 1 is 1.21 bits per heavy atom. The van der Waals surface area contributed by atoms with Crippen LogP contribution in [0.5, 0.6) is 0 Å². The smallest absolute Gasteiger partial charge is 0.135 e. The van der Waals surface area contributed by atoms with E-state index in [1.54, 1.807) is 12.1 Å². The molecule has 1 atom stereocenters. The summed E-state index contributed by atoms with van der Waals surface area (Å²) in [6.45, 7) is 1.54. The van der Waals surface area contributed by atoms with Gasteiger partial charge in [-0.2, -0.15) is 0 Å². The van der Waals surface area contributed by atoms with Crippen molar-refractivity contribution in [1.82, 2.24) is 0 Å².